The van der Waals surface area contributed by atoms with Crippen molar-refractivity contribution in [2.24, 2.45) is 0 Å². The van der Waals surface area contributed by atoms with Gasteiger partial charge in [-0.3, -0.25) is 0 Å². The highest BCUT2D eigenvalue weighted by molar-refractivity contribution is 6.13. The number of para-hydroxylation sites is 2. The minimum absolute atomic E-state index is 0.133. The third-order valence-corrected chi connectivity index (χ3v) is 2.82. The molecule has 0 fully saturated rings. The topological polar surface area (TPSA) is 52.5 Å². The number of halogens is 1. The van der Waals surface area contributed by atoms with Gasteiger partial charge in [0.2, 0.25) is 0 Å². The maximum absolute atomic E-state index is 9.78. The van der Waals surface area contributed by atoms with Crippen LogP contribution in [-0.2, 0) is 0 Å². The molecule has 3 nitrogen and oxygen atoms in total. The molecule has 0 atom stereocenters. The van der Waals surface area contributed by atoms with Crippen LogP contribution in [0.3, 0.4) is 0 Å². The lowest BCUT2D eigenvalue weighted by molar-refractivity contribution is 0.452. The zero-order valence-electron chi connectivity index (χ0n) is 8.97. The van der Waals surface area contributed by atoms with E-state index in [0.717, 1.165) is 0 Å². The Labute approximate surface area is 104 Å². The smallest absolute Gasteiger partial charge is 0.120 e. The van der Waals surface area contributed by atoms with Crippen LogP contribution in [0.5, 0.6) is 11.5 Å². The number of phenols is 2. The fourth-order valence-corrected chi connectivity index (χ4v) is 1.98. The average molecular weight is 250 g/mol. The molecule has 0 saturated carbocycles. The number of rotatable bonds is 3. The molecule has 0 aliphatic heterocycles. The lowest BCUT2D eigenvalue weighted by Gasteiger charge is -2.17. The Morgan fingerprint density at radius 1 is 0.824 bits per heavy atom. The highest BCUT2D eigenvalue weighted by atomic mass is 35.5. The van der Waals surface area contributed by atoms with Gasteiger partial charge in [0.05, 0.1) is 6.04 Å². The largest absolute Gasteiger partial charge is 0.508 e. The zero-order chi connectivity index (χ0) is 12.3. The lowest BCUT2D eigenvalue weighted by atomic mass is 9.98. The van der Waals surface area contributed by atoms with Gasteiger partial charge >= 0.3 is 0 Å². The fraction of sp³-hybridized carbons (Fsp3) is 0.0769. The summed E-state index contributed by atoms with van der Waals surface area (Å²) >= 11 is 5.71. The molecule has 3 N–H and O–H groups in total. The summed E-state index contributed by atoms with van der Waals surface area (Å²) in [6.45, 7) is 0. The van der Waals surface area contributed by atoms with Crippen LogP contribution in [0.2, 0.25) is 0 Å². The van der Waals surface area contributed by atoms with Gasteiger partial charge in [-0.1, -0.05) is 36.4 Å². The first kappa shape index (κ1) is 11.8. The molecule has 0 heterocycles. The van der Waals surface area contributed by atoms with Gasteiger partial charge in [-0.15, -0.1) is 0 Å². The highest BCUT2D eigenvalue weighted by Crippen LogP contribution is 2.33. The average Bonchev–Trinajstić information content (AvgIpc) is 2.34. The Morgan fingerprint density at radius 2 is 1.24 bits per heavy atom. The van der Waals surface area contributed by atoms with Crippen molar-refractivity contribution in [3.8, 4) is 11.5 Å². The molecule has 2 aromatic carbocycles. The van der Waals surface area contributed by atoms with Gasteiger partial charge in [-0.25, -0.2) is 4.84 Å². The van der Waals surface area contributed by atoms with Crippen LogP contribution < -0.4 is 4.84 Å². The summed E-state index contributed by atoms with van der Waals surface area (Å²) < 4.78 is 0. The summed E-state index contributed by atoms with van der Waals surface area (Å²) in [6, 6.07) is 13.3. The number of hydrogen-bond donors (Lipinski definition) is 3. The SMILES string of the molecule is Oc1ccccc1C(NCl)c1ccccc1O. The first-order valence-electron chi connectivity index (χ1n) is 5.16. The summed E-state index contributed by atoms with van der Waals surface area (Å²) in [5, 5.41) is 19.6. The van der Waals surface area contributed by atoms with Gasteiger partial charge in [0, 0.05) is 11.1 Å². The first-order chi connectivity index (χ1) is 8.24. The van der Waals surface area contributed by atoms with E-state index in [9.17, 15) is 10.2 Å². The number of benzene rings is 2. The number of aromatic hydroxyl groups is 2. The summed E-state index contributed by atoms with van der Waals surface area (Å²) in [6.07, 6.45) is 0. The standard InChI is InChI=1S/C13H12ClNO2/c14-15-13(9-5-1-3-7-11(9)16)10-6-2-4-8-12(10)17/h1-8,13,15-17H. The third kappa shape index (κ3) is 2.35. The second kappa shape index (κ2) is 5.08. The van der Waals surface area contributed by atoms with Gasteiger partial charge in [0.15, 0.2) is 0 Å². The van der Waals surface area contributed by atoms with Crippen LogP contribution in [0, 0.1) is 0 Å². The number of phenolic OH excluding ortho intramolecular Hbond substituents is 2. The van der Waals surface area contributed by atoms with E-state index < -0.39 is 6.04 Å². The Kier molecular flexibility index (Phi) is 3.52. The summed E-state index contributed by atoms with van der Waals surface area (Å²) in [4.78, 5) is 2.57. The predicted octanol–water partition coefficient (Wildman–Crippen LogP) is 2.93. The molecule has 0 aliphatic rings. The number of nitrogens with one attached hydrogen (secondary N) is 1. The van der Waals surface area contributed by atoms with Gasteiger partial charge < -0.3 is 10.2 Å². The van der Waals surface area contributed by atoms with Crippen LogP contribution in [0.1, 0.15) is 17.2 Å². The van der Waals surface area contributed by atoms with E-state index in [-0.39, 0.29) is 11.5 Å². The van der Waals surface area contributed by atoms with E-state index in [1.165, 1.54) is 0 Å². The summed E-state index contributed by atoms with van der Waals surface area (Å²) in [5.74, 6) is 0.266. The molecule has 4 heteroatoms. The van der Waals surface area contributed by atoms with E-state index in [4.69, 9.17) is 11.8 Å². The van der Waals surface area contributed by atoms with Crippen LogP contribution >= 0.6 is 11.8 Å². The molecule has 0 aliphatic carbocycles. The predicted molar refractivity (Wildman–Crippen MR) is 67.0 cm³/mol. The quantitative estimate of drug-likeness (QED) is 0.733. The van der Waals surface area contributed by atoms with Gasteiger partial charge in [0.1, 0.15) is 11.5 Å². The molecule has 0 aromatic heterocycles. The molecular formula is C13H12ClNO2. The molecule has 0 bridgehead atoms. The van der Waals surface area contributed by atoms with Crippen molar-refractivity contribution < 1.29 is 10.2 Å². The maximum atomic E-state index is 9.78. The van der Waals surface area contributed by atoms with Gasteiger partial charge in [-0.2, -0.15) is 0 Å². The van der Waals surface area contributed by atoms with Crippen molar-refractivity contribution >= 4 is 11.8 Å². The molecule has 2 rings (SSSR count). The molecule has 0 saturated heterocycles. The number of hydrogen-bond acceptors (Lipinski definition) is 3. The van der Waals surface area contributed by atoms with Gasteiger partial charge in [0.25, 0.3) is 0 Å². The normalized spacial score (nSPS) is 10.7. The van der Waals surface area contributed by atoms with Crippen molar-refractivity contribution in [3.63, 3.8) is 0 Å². The molecular weight excluding hydrogens is 238 g/mol. The lowest BCUT2D eigenvalue weighted by Crippen LogP contribution is -2.13. The Hall–Kier alpha value is -1.71. The molecule has 2 aromatic rings. The van der Waals surface area contributed by atoms with Crippen molar-refractivity contribution in [2.75, 3.05) is 0 Å². The molecule has 0 spiro atoms. The van der Waals surface area contributed by atoms with E-state index in [1.807, 2.05) is 0 Å². The third-order valence-electron chi connectivity index (χ3n) is 2.60. The minimum atomic E-state index is -0.459. The zero-order valence-corrected chi connectivity index (χ0v) is 9.72. The second-order valence-electron chi connectivity index (χ2n) is 3.66. The molecule has 17 heavy (non-hydrogen) atoms. The highest BCUT2D eigenvalue weighted by Gasteiger charge is 2.18. The van der Waals surface area contributed by atoms with Crippen LogP contribution in [0.25, 0.3) is 0 Å². The van der Waals surface area contributed by atoms with E-state index >= 15 is 0 Å². The summed E-state index contributed by atoms with van der Waals surface area (Å²) in [7, 11) is 0. The van der Waals surface area contributed by atoms with E-state index in [2.05, 4.69) is 4.84 Å². The molecule has 0 amide bonds. The van der Waals surface area contributed by atoms with E-state index in [1.54, 1.807) is 48.5 Å². The second-order valence-corrected chi connectivity index (χ2v) is 3.88. The molecule has 0 radical (unpaired) electrons. The van der Waals surface area contributed by atoms with Crippen LogP contribution in [0.15, 0.2) is 48.5 Å². The van der Waals surface area contributed by atoms with Crippen molar-refractivity contribution in [1.29, 1.82) is 0 Å². The van der Waals surface area contributed by atoms with Crippen molar-refractivity contribution in [1.82, 2.24) is 4.84 Å². The molecule has 0 unspecified atom stereocenters. The Balaban J connectivity index is 2.48. The Bertz CT molecular complexity index is 471. The monoisotopic (exact) mass is 249 g/mol. The maximum Gasteiger partial charge on any atom is 0.120 e. The molecule has 88 valence electrons. The van der Waals surface area contributed by atoms with Gasteiger partial charge in [-0.05, 0) is 23.9 Å². The van der Waals surface area contributed by atoms with Crippen molar-refractivity contribution in [3.05, 3.63) is 59.7 Å². The van der Waals surface area contributed by atoms with Crippen LogP contribution in [-0.4, -0.2) is 10.2 Å². The summed E-state index contributed by atoms with van der Waals surface area (Å²) in [5.41, 5.74) is 1.23. The van der Waals surface area contributed by atoms with Crippen molar-refractivity contribution in [2.45, 2.75) is 6.04 Å². The van der Waals surface area contributed by atoms with Crippen LogP contribution in [0.4, 0.5) is 0 Å². The fourth-order valence-electron chi connectivity index (χ4n) is 1.75. The van der Waals surface area contributed by atoms with E-state index in [0.29, 0.717) is 11.1 Å². The Morgan fingerprint density at radius 3 is 1.59 bits per heavy atom. The first-order valence-corrected chi connectivity index (χ1v) is 5.53. The minimum Gasteiger partial charge on any atom is -0.508 e.